The number of phenolic OH excluding ortho intramolecular Hbond substituents is 1. The molecule has 206 valence electrons. The smallest absolute Gasteiger partial charge is 0.416 e. The van der Waals surface area contributed by atoms with Crippen LogP contribution in [0.2, 0.25) is 0 Å². The monoisotopic (exact) mass is 552 g/mol. The molecule has 0 saturated carbocycles. The van der Waals surface area contributed by atoms with E-state index in [0.29, 0.717) is 28.3 Å². The highest BCUT2D eigenvalue weighted by Crippen LogP contribution is 2.43. The first-order chi connectivity index (χ1) is 19.0. The van der Waals surface area contributed by atoms with Crippen LogP contribution in [0.4, 0.5) is 23.4 Å². The molecule has 0 radical (unpaired) electrons. The lowest BCUT2D eigenvalue weighted by Crippen LogP contribution is -2.55. The Labute approximate surface area is 226 Å². The topological polar surface area (TPSA) is 87.5 Å². The molecular formula is C29H24F4N4O3. The molecular weight excluding hydrogens is 528 g/mol. The van der Waals surface area contributed by atoms with Gasteiger partial charge in [-0.3, -0.25) is 14.5 Å². The zero-order valence-corrected chi connectivity index (χ0v) is 21.4. The number of benzene rings is 3. The number of nitrogens with one attached hydrogen (secondary N) is 1. The number of aromatic nitrogens is 2. The number of likely N-dealkylation sites (N-methyl/N-ethyl adjacent to an activating group) is 1. The number of halogens is 4. The lowest BCUT2D eigenvalue weighted by Gasteiger charge is -2.38. The quantitative estimate of drug-likeness (QED) is 0.327. The normalized spacial score (nSPS) is 17.1. The second-order valence-electron chi connectivity index (χ2n) is 9.40. The third-order valence-electron chi connectivity index (χ3n) is 6.87. The van der Waals surface area contributed by atoms with Gasteiger partial charge >= 0.3 is 6.18 Å². The molecule has 2 amide bonds. The van der Waals surface area contributed by atoms with Gasteiger partial charge in [0.1, 0.15) is 23.4 Å². The number of carbonyl (C=O) groups excluding carboxylic acids is 2. The second kappa shape index (κ2) is 10.1. The number of amides is 2. The number of alkyl halides is 3. The first-order valence-electron chi connectivity index (χ1n) is 12.4. The number of aromatic hydroxyl groups is 1. The minimum atomic E-state index is -4.65. The Hall–Kier alpha value is -4.67. The van der Waals surface area contributed by atoms with Crippen molar-refractivity contribution < 1.29 is 32.3 Å². The number of phenols is 1. The molecule has 1 aliphatic heterocycles. The van der Waals surface area contributed by atoms with Crippen molar-refractivity contribution >= 4 is 17.6 Å². The van der Waals surface area contributed by atoms with E-state index in [1.54, 1.807) is 26.0 Å². The zero-order chi connectivity index (χ0) is 28.8. The number of anilines is 1. The van der Waals surface area contributed by atoms with Gasteiger partial charge in [-0.15, -0.1) is 0 Å². The van der Waals surface area contributed by atoms with Gasteiger partial charge in [-0.2, -0.15) is 18.3 Å². The van der Waals surface area contributed by atoms with Crippen molar-refractivity contribution in [1.82, 2.24) is 15.1 Å². The van der Waals surface area contributed by atoms with Crippen LogP contribution in [0.3, 0.4) is 0 Å². The summed E-state index contributed by atoms with van der Waals surface area (Å²) in [5.41, 5.74) is 0.814. The number of aryl methyl sites for hydroxylation is 1. The van der Waals surface area contributed by atoms with Gasteiger partial charge in [0.2, 0.25) is 0 Å². The van der Waals surface area contributed by atoms with Gasteiger partial charge in [-0.05, 0) is 61.9 Å². The van der Waals surface area contributed by atoms with Crippen molar-refractivity contribution in [3.8, 4) is 11.4 Å². The maximum Gasteiger partial charge on any atom is 0.416 e. The van der Waals surface area contributed by atoms with E-state index in [1.807, 2.05) is 0 Å². The largest absolute Gasteiger partial charge is 0.508 e. The standard InChI is InChI=1S/C29H24F4N4O3/c1-3-36-27-23(16(2)35-37(27)21-8-5-9-22(38)15-21)24(17-10-12-20(30)13-11-17)25(28(36)40)34-26(39)18-6-4-7-19(14-18)29(31,32)33/h4-15,24-25,38H,3H2,1-2H3,(H,34,39)/t24-,25+/m0/s1. The highest BCUT2D eigenvalue weighted by atomic mass is 19.4. The van der Waals surface area contributed by atoms with Crippen molar-refractivity contribution in [1.29, 1.82) is 0 Å². The molecule has 2 atom stereocenters. The molecule has 4 aromatic rings. The number of fused-ring (bicyclic) bond motifs is 1. The van der Waals surface area contributed by atoms with Crippen LogP contribution >= 0.6 is 0 Å². The third kappa shape index (κ3) is 4.78. The summed E-state index contributed by atoms with van der Waals surface area (Å²) in [5.74, 6) is -2.33. The van der Waals surface area contributed by atoms with Gasteiger partial charge in [0, 0.05) is 29.7 Å². The highest BCUT2D eigenvalue weighted by Gasteiger charge is 2.45. The lowest BCUT2D eigenvalue weighted by molar-refractivity contribution is -0.137. The molecule has 40 heavy (non-hydrogen) atoms. The van der Waals surface area contributed by atoms with E-state index in [4.69, 9.17) is 0 Å². The molecule has 5 rings (SSSR count). The van der Waals surface area contributed by atoms with Gasteiger partial charge in [-0.1, -0.05) is 24.3 Å². The van der Waals surface area contributed by atoms with Gasteiger partial charge in [-0.25, -0.2) is 9.07 Å². The Balaban J connectivity index is 1.66. The van der Waals surface area contributed by atoms with Crippen molar-refractivity contribution in [2.45, 2.75) is 32.0 Å². The Morgan fingerprint density at radius 1 is 1.05 bits per heavy atom. The zero-order valence-electron chi connectivity index (χ0n) is 21.4. The summed E-state index contributed by atoms with van der Waals surface area (Å²) in [5, 5.41) is 17.3. The van der Waals surface area contributed by atoms with E-state index in [1.165, 1.54) is 52.0 Å². The van der Waals surface area contributed by atoms with Crippen LogP contribution in [0.1, 0.15) is 45.6 Å². The molecule has 0 unspecified atom stereocenters. The summed E-state index contributed by atoms with van der Waals surface area (Å²) in [6, 6.07) is 14.5. The van der Waals surface area contributed by atoms with Gasteiger partial charge < -0.3 is 10.4 Å². The van der Waals surface area contributed by atoms with Crippen LogP contribution in [0.15, 0.2) is 72.8 Å². The average Bonchev–Trinajstić information content (AvgIpc) is 3.26. The van der Waals surface area contributed by atoms with Crippen molar-refractivity contribution in [3.63, 3.8) is 0 Å². The number of hydrogen-bond donors (Lipinski definition) is 2. The Morgan fingerprint density at radius 2 is 1.75 bits per heavy atom. The maximum absolute atomic E-state index is 14.0. The molecule has 11 heteroatoms. The second-order valence-corrected chi connectivity index (χ2v) is 9.40. The molecule has 0 bridgehead atoms. The molecule has 3 aromatic carbocycles. The van der Waals surface area contributed by atoms with E-state index in [0.717, 1.165) is 18.2 Å². The van der Waals surface area contributed by atoms with Gasteiger partial charge in [0.25, 0.3) is 11.8 Å². The van der Waals surface area contributed by atoms with Crippen molar-refractivity contribution in [2.24, 2.45) is 0 Å². The van der Waals surface area contributed by atoms with E-state index < -0.39 is 41.3 Å². The highest BCUT2D eigenvalue weighted by molar-refractivity contribution is 6.05. The summed E-state index contributed by atoms with van der Waals surface area (Å²) >= 11 is 0. The fourth-order valence-electron chi connectivity index (χ4n) is 5.08. The molecule has 2 heterocycles. The Morgan fingerprint density at radius 3 is 2.40 bits per heavy atom. The van der Waals surface area contributed by atoms with Gasteiger partial charge in [0.15, 0.2) is 0 Å². The summed E-state index contributed by atoms with van der Waals surface area (Å²) in [6.45, 7) is 3.65. The van der Waals surface area contributed by atoms with Crippen LogP contribution in [0.5, 0.6) is 5.75 Å². The molecule has 0 aliphatic carbocycles. The van der Waals surface area contributed by atoms with Crippen LogP contribution in [-0.4, -0.2) is 39.3 Å². The number of hydrogen-bond acceptors (Lipinski definition) is 4. The van der Waals surface area contributed by atoms with Gasteiger partial charge in [0.05, 0.1) is 16.9 Å². The fraction of sp³-hybridized carbons (Fsp3) is 0.207. The maximum atomic E-state index is 14.0. The lowest BCUT2D eigenvalue weighted by atomic mass is 9.81. The molecule has 1 aromatic heterocycles. The summed E-state index contributed by atoms with van der Waals surface area (Å²) < 4.78 is 55.3. The number of carbonyl (C=O) groups is 2. The van der Waals surface area contributed by atoms with E-state index in [9.17, 15) is 32.3 Å². The Kier molecular flexibility index (Phi) is 6.82. The van der Waals surface area contributed by atoms with Crippen LogP contribution in [-0.2, 0) is 11.0 Å². The van der Waals surface area contributed by atoms with E-state index in [2.05, 4.69) is 10.4 Å². The molecule has 0 fully saturated rings. The molecule has 0 spiro atoms. The van der Waals surface area contributed by atoms with Crippen LogP contribution in [0, 0.1) is 12.7 Å². The summed E-state index contributed by atoms with van der Waals surface area (Å²) in [7, 11) is 0. The Bertz CT molecular complexity index is 1600. The molecule has 2 N–H and O–H groups in total. The fourth-order valence-corrected chi connectivity index (χ4v) is 5.08. The first kappa shape index (κ1) is 26.9. The minimum Gasteiger partial charge on any atom is -0.508 e. The summed E-state index contributed by atoms with van der Waals surface area (Å²) in [6.07, 6.45) is -4.65. The van der Waals surface area contributed by atoms with E-state index >= 15 is 0 Å². The average molecular weight is 553 g/mol. The number of rotatable bonds is 5. The van der Waals surface area contributed by atoms with Crippen LogP contribution in [0.25, 0.3) is 5.69 Å². The van der Waals surface area contributed by atoms with Crippen molar-refractivity contribution in [2.75, 3.05) is 11.4 Å². The number of nitrogens with zero attached hydrogens (tertiary/aromatic N) is 3. The molecule has 7 nitrogen and oxygen atoms in total. The van der Waals surface area contributed by atoms with Crippen LogP contribution < -0.4 is 10.2 Å². The minimum absolute atomic E-state index is 0.00843. The van der Waals surface area contributed by atoms with E-state index in [-0.39, 0.29) is 17.9 Å². The van der Waals surface area contributed by atoms with Crippen molar-refractivity contribution in [3.05, 3.63) is 107 Å². The first-order valence-corrected chi connectivity index (χ1v) is 12.4. The molecule has 1 aliphatic rings. The third-order valence-corrected chi connectivity index (χ3v) is 6.87. The predicted octanol–water partition coefficient (Wildman–Crippen LogP) is 5.34. The summed E-state index contributed by atoms with van der Waals surface area (Å²) in [4.78, 5) is 28.7. The SMILES string of the molecule is CCN1C(=O)[C@H](NC(=O)c2cccc(C(F)(F)F)c2)[C@@H](c2ccc(F)cc2)c2c(C)nn(-c3cccc(O)c3)c21. The predicted molar refractivity (Wildman–Crippen MR) is 139 cm³/mol. The molecule has 0 saturated heterocycles.